The summed E-state index contributed by atoms with van der Waals surface area (Å²) in [5.74, 6) is 0.00987. The SMILES string of the molecule is CC(=O)N(C)c1cccc(NC(=O)N2CCC(=O)[C@H](C)C2)c1. The van der Waals surface area contributed by atoms with Crippen molar-refractivity contribution in [3.63, 3.8) is 0 Å². The van der Waals surface area contributed by atoms with E-state index in [9.17, 15) is 14.4 Å². The first kappa shape index (κ1) is 16.0. The minimum atomic E-state index is -0.220. The molecule has 1 aromatic carbocycles. The lowest BCUT2D eigenvalue weighted by molar-refractivity contribution is -0.124. The van der Waals surface area contributed by atoms with Gasteiger partial charge in [-0.05, 0) is 18.2 Å². The van der Waals surface area contributed by atoms with Crippen molar-refractivity contribution in [3.05, 3.63) is 24.3 Å². The van der Waals surface area contributed by atoms with Gasteiger partial charge in [0.2, 0.25) is 5.91 Å². The number of nitrogens with one attached hydrogen (secondary N) is 1. The van der Waals surface area contributed by atoms with Gasteiger partial charge in [0.1, 0.15) is 5.78 Å². The number of amides is 3. The van der Waals surface area contributed by atoms with Gasteiger partial charge < -0.3 is 15.1 Å². The first-order chi connectivity index (χ1) is 10.4. The summed E-state index contributed by atoms with van der Waals surface area (Å²) in [6.45, 7) is 4.21. The highest BCUT2D eigenvalue weighted by Crippen LogP contribution is 2.20. The zero-order valence-electron chi connectivity index (χ0n) is 13.1. The molecule has 0 radical (unpaired) electrons. The molecule has 1 atom stereocenters. The second-order valence-electron chi connectivity index (χ2n) is 5.62. The third kappa shape index (κ3) is 3.63. The first-order valence-electron chi connectivity index (χ1n) is 7.31. The number of hydrogen-bond acceptors (Lipinski definition) is 3. The van der Waals surface area contributed by atoms with Crippen molar-refractivity contribution in [1.29, 1.82) is 0 Å². The first-order valence-corrected chi connectivity index (χ1v) is 7.31. The Balaban J connectivity index is 2.04. The van der Waals surface area contributed by atoms with Crippen LogP contribution in [0.15, 0.2) is 24.3 Å². The van der Waals surface area contributed by atoms with Crippen molar-refractivity contribution < 1.29 is 14.4 Å². The number of ketones is 1. The van der Waals surface area contributed by atoms with Gasteiger partial charge >= 0.3 is 6.03 Å². The van der Waals surface area contributed by atoms with E-state index >= 15 is 0 Å². The van der Waals surface area contributed by atoms with Crippen LogP contribution in [0.3, 0.4) is 0 Å². The summed E-state index contributed by atoms with van der Waals surface area (Å²) in [5.41, 5.74) is 1.34. The molecule has 0 unspecified atom stereocenters. The lowest BCUT2D eigenvalue weighted by Gasteiger charge is -2.30. The predicted octanol–water partition coefficient (Wildman–Crippen LogP) is 2.11. The topological polar surface area (TPSA) is 69.7 Å². The molecule has 118 valence electrons. The van der Waals surface area contributed by atoms with Crippen LogP contribution in [0.25, 0.3) is 0 Å². The highest BCUT2D eigenvalue weighted by Gasteiger charge is 2.26. The number of Topliss-reactive ketones (excluding diaryl/α,β-unsaturated/α-hetero) is 1. The highest BCUT2D eigenvalue weighted by molar-refractivity contribution is 5.94. The van der Waals surface area contributed by atoms with Gasteiger partial charge in [-0.2, -0.15) is 0 Å². The Morgan fingerprint density at radius 2 is 2.09 bits per heavy atom. The number of carbonyl (C=O) groups is 3. The molecule has 22 heavy (non-hydrogen) atoms. The fourth-order valence-corrected chi connectivity index (χ4v) is 2.38. The van der Waals surface area contributed by atoms with Gasteiger partial charge in [0, 0.05) is 50.8 Å². The molecule has 0 saturated carbocycles. The number of anilines is 2. The summed E-state index contributed by atoms with van der Waals surface area (Å²) in [6, 6.07) is 6.89. The van der Waals surface area contributed by atoms with Crippen LogP contribution in [0.2, 0.25) is 0 Å². The molecule has 0 aromatic heterocycles. The third-order valence-electron chi connectivity index (χ3n) is 3.92. The van der Waals surface area contributed by atoms with Gasteiger partial charge in [-0.3, -0.25) is 9.59 Å². The van der Waals surface area contributed by atoms with Gasteiger partial charge in [0.15, 0.2) is 0 Å². The van der Waals surface area contributed by atoms with E-state index < -0.39 is 0 Å². The Kier molecular flexibility index (Phi) is 4.80. The summed E-state index contributed by atoms with van der Waals surface area (Å²) in [4.78, 5) is 38.3. The highest BCUT2D eigenvalue weighted by atomic mass is 16.2. The average molecular weight is 303 g/mol. The van der Waals surface area contributed by atoms with E-state index in [1.807, 2.05) is 6.92 Å². The van der Waals surface area contributed by atoms with Crippen LogP contribution in [0.1, 0.15) is 20.3 Å². The number of piperidine rings is 1. The number of hydrogen-bond donors (Lipinski definition) is 1. The predicted molar refractivity (Wildman–Crippen MR) is 84.9 cm³/mol. The maximum absolute atomic E-state index is 12.3. The molecule has 1 heterocycles. The molecule has 6 heteroatoms. The Hall–Kier alpha value is -2.37. The Labute approximate surface area is 130 Å². The fraction of sp³-hybridized carbons (Fsp3) is 0.438. The minimum Gasteiger partial charge on any atom is -0.323 e. The third-order valence-corrected chi connectivity index (χ3v) is 3.92. The minimum absolute atomic E-state index is 0.0770. The summed E-state index contributed by atoms with van der Waals surface area (Å²) in [7, 11) is 1.68. The molecule has 1 aliphatic heterocycles. The van der Waals surface area contributed by atoms with E-state index in [0.717, 1.165) is 0 Å². The van der Waals surface area contributed by atoms with Gasteiger partial charge in [0.05, 0.1) is 0 Å². The standard InChI is InChI=1S/C16H21N3O3/c1-11-10-19(8-7-15(11)21)16(22)17-13-5-4-6-14(9-13)18(3)12(2)20/h4-6,9,11H,7-8,10H2,1-3H3,(H,17,22)/t11-/m1/s1. The maximum Gasteiger partial charge on any atom is 0.321 e. The zero-order valence-corrected chi connectivity index (χ0v) is 13.1. The van der Waals surface area contributed by atoms with E-state index in [-0.39, 0.29) is 23.6 Å². The van der Waals surface area contributed by atoms with Crippen molar-refractivity contribution in [2.45, 2.75) is 20.3 Å². The second-order valence-corrected chi connectivity index (χ2v) is 5.62. The molecule has 2 rings (SSSR count). The molecule has 1 aromatic rings. The van der Waals surface area contributed by atoms with Gasteiger partial charge in [-0.15, -0.1) is 0 Å². The second kappa shape index (κ2) is 6.60. The number of benzene rings is 1. The fourth-order valence-electron chi connectivity index (χ4n) is 2.38. The normalized spacial score (nSPS) is 18.0. The van der Waals surface area contributed by atoms with Crippen LogP contribution in [-0.4, -0.2) is 42.8 Å². The molecular formula is C16H21N3O3. The molecule has 1 saturated heterocycles. The van der Waals surface area contributed by atoms with E-state index in [4.69, 9.17) is 0 Å². The van der Waals surface area contributed by atoms with Crippen LogP contribution in [0.4, 0.5) is 16.2 Å². The Morgan fingerprint density at radius 3 is 2.73 bits per heavy atom. The van der Waals surface area contributed by atoms with E-state index in [0.29, 0.717) is 30.9 Å². The monoisotopic (exact) mass is 303 g/mol. The average Bonchev–Trinajstić information content (AvgIpc) is 2.49. The van der Waals surface area contributed by atoms with Crippen molar-refractivity contribution in [1.82, 2.24) is 4.90 Å². The molecule has 1 fully saturated rings. The molecule has 0 bridgehead atoms. The lowest BCUT2D eigenvalue weighted by atomic mass is 9.99. The quantitative estimate of drug-likeness (QED) is 0.909. The summed E-state index contributed by atoms with van der Waals surface area (Å²) in [6.07, 6.45) is 0.404. The van der Waals surface area contributed by atoms with Crippen LogP contribution in [-0.2, 0) is 9.59 Å². The van der Waals surface area contributed by atoms with Crippen molar-refractivity contribution >= 4 is 29.1 Å². The zero-order chi connectivity index (χ0) is 16.3. The Morgan fingerprint density at radius 1 is 1.36 bits per heavy atom. The molecule has 3 amide bonds. The van der Waals surface area contributed by atoms with Crippen LogP contribution < -0.4 is 10.2 Å². The number of likely N-dealkylation sites (tertiary alicyclic amines) is 1. The molecule has 1 N–H and O–H groups in total. The van der Waals surface area contributed by atoms with E-state index in [1.165, 1.54) is 11.8 Å². The van der Waals surface area contributed by atoms with Gasteiger partial charge in [0.25, 0.3) is 0 Å². The van der Waals surface area contributed by atoms with Crippen LogP contribution in [0.5, 0.6) is 0 Å². The van der Waals surface area contributed by atoms with Gasteiger partial charge in [-0.1, -0.05) is 13.0 Å². The molecule has 0 aliphatic carbocycles. The molecule has 6 nitrogen and oxygen atoms in total. The largest absolute Gasteiger partial charge is 0.323 e. The summed E-state index contributed by atoms with van der Waals surface area (Å²) < 4.78 is 0. The number of carbonyl (C=O) groups excluding carboxylic acids is 3. The van der Waals surface area contributed by atoms with E-state index in [1.54, 1.807) is 36.2 Å². The molecule has 0 spiro atoms. The molecule has 1 aliphatic rings. The smallest absolute Gasteiger partial charge is 0.321 e. The van der Waals surface area contributed by atoms with Crippen molar-refractivity contribution in [2.24, 2.45) is 5.92 Å². The number of nitrogens with zero attached hydrogens (tertiary/aromatic N) is 2. The number of rotatable bonds is 2. The maximum atomic E-state index is 12.3. The van der Waals surface area contributed by atoms with Crippen LogP contribution in [0, 0.1) is 5.92 Å². The Bertz CT molecular complexity index is 600. The lowest BCUT2D eigenvalue weighted by Crippen LogP contribution is -2.45. The number of urea groups is 1. The summed E-state index contributed by atoms with van der Waals surface area (Å²) in [5, 5.41) is 2.82. The van der Waals surface area contributed by atoms with E-state index in [2.05, 4.69) is 5.32 Å². The molecular weight excluding hydrogens is 282 g/mol. The van der Waals surface area contributed by atoms with Crippen LogP contribution >= 0.6 is 0 Å². The van der Waals surface area contributed by atoms with Crippen molar-refractivity contribution in [3.8, 4) is 0 Å². The van der Waals surface area contributed by atoms with Gasteiger partial charge in [-0.25, -0.2) is 4.79 Å². The summed E-state index contributed by atoms with van der Waals surface area (Å²) >= 11 is 0. The van der Waals surface area contributed by atoms with Crippen molar-refractivity contribution in [2.75, 3.05) is 30.4 Å².